The highest BCUT2D eigenvalue weighted by Gasteiger charge is 2.03. The first-order chi connectivity index (χ1) is 8.40. The van der Waals surface area contributed by atoms with Crippen LogP contribution in [0.3, 0.4) is 0 Å². The predicted octanol–water partition coefficient (Wildman–Crippen LogP) is 3.88. The van der Waals surface area contributed by atoms with Crippen LogP contribution < -0.4 is 0 Å². The predicted molar refractivity (Wildman–Crippen MR) is 68.6 cm³/mol. The van der Waals surface area contributed by atoms with Gasteiger partial charge in [0.05, 0.1) is 25.4 Å². The molecule has 0 bridgehead atoms. The van der Waals surface area contributed by atoms with Crippen LogP contribution in [0.2, 0.25) is 0 Å². The Labute approximate surface area is 102 Å². The summed E-state index contributed by atoms with van der Waals surface area (Å²) in [6.07, 6.45) is 8.06. The number of ether oxygens (including phenoxy) is 1. The van der Waals surface area contributed by atoms with Gasteiger partial charge in [-0.05, 0) is 18.6 Å². The Kier molecular flexibility index (Phi) is 4.03. The zero-order valence-electron chi connectivity index (χ0n) is 9.93. The van der Waals surface area contributed by atoms with Crippen molar-refractivity contribution in [2.75, 3.05) is 6.61 Å². The number of furan rings is 1. The lowest BCUT2D eigenvalue weighted by atomic mass is 10.0. The van der Waals surface area contributed by atoms with Crippen LogP contribution >= 0.6 is 0 Å². The summed E-state index contributed by atoms with van der Waals surface area (Å²) in [7, 11) is 0. The molecule has 0 amide bonds. The van der Waals surface area contributed by atoms with Gasteiger partial charge in [0.1, 0.15) is 0 Å². The topological polar surface area (TPSA) is 22.4 Å². The van der Waals surface area contributed by atoms with Crippen LogP contribution in [0.25, 0.3) is 6.08 Å². The molecule has 0 aliphatic rings. The standard InChI is InChI=1S/C15H16O2/c1-2-16-9-8-14-11-17-12-15(14)10-13-6-4-3-5-7-13/h3-9,11-12H,2,10H2,1H3/b9-8+. The molecule has 1 aromatic carbocycles. The van der Waals surface area contributed by atoms with E-state index in [-0.39, 0.29) is 0 Å². The number of rotatable bonds is 5. The molecule has 0 radical (unpaired) electrons. The fourth-order valence-corrected chi connectivity index (χ4v) is 1.66. The van der Waals surface area contributed by atoms with E-state index < -0.39 is 0 Å². The van der Waals surface area contributed by atoms with E-state index in [1.165, 1.54) is 11.1 Å². The van der Waals surface area contributed by atoms with Crippen molar-refractivity contribution in [3.05, 3.63) is 65.8 Å². The monoisotopic (exact) mass is 228 g/mol. The number of hydrogen-bond acceptors (Lipinski definition) is 2. The number of hydrogen-bond donors (Lipinski definition) is 0. The summed E-state index contributed by atoms with van der Waals surface area (Å²) in [6, 6.07) is 10.3. The van der Waals surface area contributed by atoms with Crippen molar-refractivity contribution in [1.82, 2.24) is 0 Å². The SMILES string of the molecule is CCO/C=C/c1cocc1Cc1ccccc1. The molecule has 0 spiro atoms. The molecule has 88 valence electrons. The number of benzene rings is 1. The minimum Gasteiger partial charge on any atom is -0.501 e. The van der Waals surface area contributed by atoms with Crippen LogP contribution in [0.4, 0.5) is 0 Å². The molecule has 0 aliphatic carbocycles. The van der Waals surface area contributed by atoms with Crippen LogP contribution in [0.1, 0.15) is 23.6 Å². The second-order valence-electron chi connectivity index (χ2n) is 3.77. The van der Waals surface area contributed by atoms with Gasteiger partial charge in [0, 0.05) is 17.5 Å². The molecule has 0 fully saturated rings. The third-order valence-electron chi connectivity index (χ3n) is 2.52. The second kappa shape index (κ2) is 5.94. The molecule has 17 heavy (non-hydrogen) atoms. The lowest BCUT2D eigenvalue weighted by Gasteiger charge is -1.99. The largest absolute Gasteiger partial charge is 0.501 e. The molecule has 2 heteroatoms. The average Bonchev–Trinajstić information content (AvgIpc) is 2.79. The van der Waals surface area contributed by atoms with Crippen molar-refractivity contribution in [3.63, 3.8) is 0 Å². The summed E-state index contributed by atoms with van der Waals surface area (Å²) < 4.78 is 10.4. The molecule has 2 nitrogen and oxygen atoms in total. The van der Waals surface area contributed by atoms with Crippen LogP contribution in [0.15, 0.2) is 53.5 Å². The van der Waals surface area contributed by atoms with Crippen LogP contribution in [0, 0.1) is 0 Å². The van der Waals surface area contributed by atoms with E-state index >= 15 is 0 Å². The van der Waals surface area contributed by atoms with E-state index in [4.69, 9.17) is 9.15 Å². The summed E-state index contributed by atoms with van der Waals surface area (Å²) in [5.41, 5.74) is 3.52. The van der Waals surface area contributed by atoms with Crippen molar-refractivity contribution in [2.45, 2.75) is 13.3 Å². The minimum absolute atomic E-state index is 0.683. The smallest absolute Gasteiger partial charge is 0.0979 e. The highest BCUT2D eigenvalue weighted by atomic mass is 16.5. The molecule has 1 aromatic heterocycles. The van der Waals surface area contributed by atoms with Gasteiger partial charge in [0.15, 0.2) is 0 Å². The Morgan fingerprint density at radius 1 is 1.18 bits per heavy atom. The molecular formula is C15H16O2. The molecule has 0 unspecified atom stereocenters. The maximum atomic E-state index is 5.24. The first kappa shape index (κ1) is 11.5. The Bertz CT molecular complexity index is 469. The van der Waals surface area contributed by atoms with Gasteiger partial charge < -0.3 is 9.15 Å². The Morgan fingerprint density at radius 2 is 2.00 bits per heavy atom. The first-order valence-electron chi connectivity index (χ1n) is 5.77. The molecular weight excluding hydrogens is 212 g/mol. The first-order valence-corrected chi connectivity index (χ1v) is 5.77. The molecule has 0 atom stereocenters. The zero-order chi connectivity index (χ0) is 11.9. The summed E-state index contributed by atoms with van der Waals surface area (Å²) in [5.74, 6) is 0. The van der Waals surface area contributed by atoms with E-state index in [1.54, 1.807) is 18.8 Å². The van der Waals surface area contributed by atoms with Gasteiger partial charge in [0.2, 0.25) is 0 Å². The lowest BCUT2D eigenvalue weighted by Crippen LogP contribution is -1.87. The fourth-order valence-electron chi connectivity index (χ4n) is 1.66. The van der Waals surface area contributed by atoms with Crippen molar-refractivity contribution >= 4 is 6.08 Å². The van der Waals surface area contributed by atoms with Gasteiger partial charge in [-0.1, -0.05) is 30.3 Å². The Morgan fingerprint density at radius 3 is 2.76 bits per heavy atom. The third-order valence-corrected chi connectivity index (χ3v) is 2.52. The fraction of sp³-hybridized carbons (Fsp3) is 0.200. The summed E-state index contributed by atoms with van der Waals surface area (Å²) in [4.78, 5) is 0. The van der Waals surface area contributed by atoms with Crippen molar-refractivity contribution < 1.29 is 9.15 Å². The molecule has 2 aromatic rings. The van der Waals surface area contributed by atoms with Gasteiger partial charge in [-0.25, -0.2) is 0 Å². The maximum Gasteiger partial charge on any atom is 0.0979 e. The molecule has 0 saturated carbocycles. The minimum atomic E-state index is 0.683. The van der Waals surface area contributed by atoms with Crippen molar-refractivity contribution in [1.29, 1.82) is 0 Å². The van der Waals surface area contributed by atoms with Crippen LogP contribution in [-0.4, -0.2) is 6.61 Å². The highest BCUT2D eigenvalue weighted by Crippen LogP contribution is 2.17. The second-order valence-corrected chi connectivity index (χ2v) is 3.77. The van der Waals surface area contributed by atoms with Crippen LogP contribution in [-0.2, 0) is 11.2 Å². The molecule has 1 heterocycles. The quantitative estimate of drug-likeness (QED) is 0.725. The van der Waals surface area contributed by atoms with Gasteiger partial charge in [-0.15, -0.1) is 0 Å². The van der Waals surface area contributed by atoms with Crippen LogP contribution in [0.5, 0.6) is 0 Å². The van der Waals surface area contributed by atoms with E-state index in [9.17, 15) is 0 Å². The maximum absolute atomic E-state index is 5.24. The van der Waals surface area contributed by atoms with Gasteiger partial charge in [-0.2, -0.15) is 0 Å². The van der Waals surface area contributed by atoms with E-state index in [1.807, 2.05) is 31.2 Å². The zero-order valence-corrected chi connectivity index (χ0v) is 9.93. The van der Waals surface area contributed by atoms with Gasteiger partial charge in [-0.3, -0.25) is 0 Å². The molecule has 0 aliphatic heterocycles. The molecule has 0 saturated heterocycles. The third kappa shape index (κ3) is 3.25. The lowest BCUT2D eigenvalue weighted by molar-refractivity contribution is 0.272. The molecule has 2 rings (SSSR count). The average molecular weight is 228 g/mol. The van der Waals surface area contributed by atoms with Gasteiger partial charge in [0.25, 0.3) is 0 Å². The Hall–Kier alpha value is -1.96. The molecule has 0 N–H and O–H groups in total. The van der Waals surface area contributed by atoms with Crippen molar-refractivity contribution in [3.8, 4) is 0 Å². The normalized spacial score (nSPS) is 10.9. The Balaban J connectivity index is 2.09. The summed E-state index contributed by atoms with van der Waals surface area (Å²) in [6.45, 7) is 2.65. The van der Waals surface area contributed by atoms with E-state index in [2.05, 4.69) is 12.1 Å². The van der Waals surface area contributed by atoms with E-state index in [0.717, 1.165) is 12.0 Å². The van der Waals surface area contributed by atoms with Crippen molar-refractivity contribution in [2.24, 2.45) is 0 Å². The van der Waals surface area contributed by atoms with Gasteiger partial charge >= 0.3 is 0 Å². The summed E-state index contributed by atoms with van der Waals surface area (Å²) in [5, 5.41) is 0. The highest BCUT2D eigenvalue weighted by molar-refractivity contribution is 5.52. The van der Waals surface area contributed by atoms with E-state index in [0.29, 0.717) is 6.61 Å². The summed E-state index contributed by atoms with van der Waals surface area (Å²) >= 11 is 0.